The van der Waals surface area contributed by atoms with Gasteiger partial charge in [0.05, 0.1) is 18.3 Å². The van der Waals surface area contributed by atoms with Crippen molar-refractivity contribution in [3.8, 4) is 0 Å². The third-order valence-corrected chi connectivity index (χ3v) is 3.68. The Labute approximate surface area is 116 Å². The maximum absolute atomic E-state index is 12.3. The van der Waals surface area contributed by atoms with Crippen LogP contribution in [-0.4, -0.2) is 59.6 Å². The molecule has 0 aliphatic carbocycles. The van der Waals surface area contributed by atoms with Crippen molar-refractivity contribution >= 4 is 11.0 Å². The van der Waals surface area contributed by atoms with E-state index in [9.17, 15) is 19.8 Å². The summed E-state index contributed by atoms with van der Waals surface area (Å²) < 4.78 is 7.10. The Balaban J connectivity index is 2.22. The summed E-state index contributed by atoms with van der Waals surface area (Å²) in [6.45, 7) is -0.546. The van der Waals surface area contributed by atoms with E-state index in [0.717, 1.165) is 0 Å². The van der Waals surface area contributed by atoms with E-state index in [1.807, 2.05) is 0 Å². The third kappa shape index (κ3) is 1.84. The van der Waals surface area contributed by atoms with Gasteiger partial charge in [-0.2, -0.15) is 5.10 Å². The molecule has 1 saturated heterocycles. The van der Waals surface area contributed by atoms with Gasteiger partial charge in [0, 0.05) is 7.05 Å². The summed E-state index contributed by atoms with van der Waals surface area (Å²) in [5.41, 5.74) is -1.05. The third-order valence-electron chi connectivity index (χ3n) is 3.68. The smallest absolute Gasteiger partial charge is 0.333 e. The van der Waals surface area contributed by atoms with Gasteiger partial charge in [0.2, 0.25) is 0 Å². The standard InChI is InChI=1S/C11H14N4O6/c1-14-4-2-12-13-6(4)9(19)15(11(14)20)10-8(18)7(17)5(3-16)21-10/h2,5,7-8,10,16-18H,3H2,1H3,(H,12,13)/t5-,7-,8-,10-/m1/s1. The predicted molar refractivity (Wildman–Crippen MR) is 68.6 cm³/mol. The highest BCUT2D eigenvalue weighted by atomic mass is 16.6. The maximum atomic E-state index is 12.3. The van der Waals surface area contributed by atoms with Gasteiger partial charge in [-0.05, 0) is 0 Å². The number of H-pyrrole nitrogens is 1. The zero-order chi connectivity index (χ0) is 15.3. The minimum absolute atomic E-state index is 0.0786. The Morgan fingerprint density at radius 1 is 1.38 bits per heavy atom. The van der Waals surface area contributed by atoms with E-state index < -0.39 is 42.4 Å². The summed E-state index contributed by atoms with van der Waals surface area (Å²) in [5.74, 6) is 0. The zero-order valence-electron chi connectivity index (χ0n) is 11.0. The summed E-state index contributed by atoms with van der Waals surface area (Å²) >= 11 is 0. The lowest BCUT2D eigenvalue weighted by atomic mass is 10.1. The first-order chi connectivity index (χ1) is 9.97. The average Bonchev–Trinajstić information content (AvgIpc) is 3.05. The number of nitrogens with one attached hydrogen (secondary N) is 1. The summed E-state index contributed by atoms with van der Waals surface area (Å²) in [4.78, 5) is 24.6. The number of aliphatic hydroxyl groups is 3. The SMILES string of the molecule is Cn1c(=O)n([C@@H]2O[C@H](CO)[C@@H](O)[C@H]2O)c(=O)c2[nH]ncc21. The van der Waals surface area contributed by atoms with Crippen LogP contribution in [0.1, 0.15) is 6.23 Å². The van der Waals surface area contributed by atoms with Gasteiger partial charge in [-0.15, -0.1) is 0 Å². The zero-order valence-corrected chi connectivity index (χ0v) is 11.0. The Morgan fingerprint density at radius 3 is 2.71 bits per heavy atom. The van der Waals surface area contributed by atoms with Crippen molar-refractivity contribution in [1.82, 2.24) is 19.3 Å². The Morgan fingerprint density at radius 2 is 2.10 bits per heavy atom. The number of aromatic amines is 1. The number of fused-ring (bicyclic) bond motifs is 1. The van der Waals surface area contributed by atoms with Crippen molar-refractivity contribution in [1.29, 1.82) is 0 Å². The van der Waals surface area contributed by atoms with E-state index in [-0.39, 0.29) is 5.52 Å². The van der Waals surface area contributed by atoms with Gasteiger partial charge in [0.1, 0.15) is 23.8 Å². The molecule has 1 fully saturated rings. The highest BCUT2D eigenvalue weighted by Crippen LogP contribution is 2.27. The number of aliphatic hydroxyl groups excluding tert-OH is 3. The van der Waals surface area contributed by atoms with Crippen LogP contribution in [0.3, 0.4) is 0 Å². The van der Waals surface area contributed by atoms with E-state index in [1.54, 1.807) is 0 Å². The average molecular weight is 298 g/mol. The van der Waals surface area contributed by atoms with E-state index in [0.29, 0.717) is 10.1 Å². The number of nitrogens with zero attached hydrogens (tertiary/aromatic N) is 3. The van der Waals surface area contributed by atoms with Crippen molar-refractivity contribution in [3.05, 3.63) is 27.0 Å². The van der Waals surface area contributed by atoms with Gasteiger partial charge in [-0.1, -0.05) is 0 Å². The molecule has 10 nitrogen and oxygen atoms in total. The molecule has 21 heavy (non-hydrogen) atoms. The summed E-state index contributed by atoms with van der Waals surface area (Å²) in [6, 6.07) is 0. The molecule has 2 aromatic heterocycles. The van der Waals surface area contributed by atoms with Crippen molar-refractivity contribution in [3.63, 3.8) is 0 Å². The van der Waals surface area contributed by atoms with Crippen LogP contribution in [0.4, 0.5) is 0 Å². The second-order valence-electron chi connectivity index (χ2n) is 4.88. The fourth-order valence-corrected chi connectivity index (χ4v) is 2.48. The number of hydrogen-bond donors (Lipinski definition) is 4. The van der Waals surface area contributed by atoms with Crippen LogP contribution >= 0.6 is 0 Å². The number of ether oxygens (including phenoxy) is 1. The van der Waals surface area contributed by atoms with E-state index in [1.165, 1.54) is 17.8 Å². The molecule has 114 valence electrons. The Hall–Kier alpha value is -2.01. The normalized spacial score (nSPS) is 29.3. The molecule has 1 aliphatic rings. The molecule has 10 heteroatoms. The van der Waals surface area contributed by atoms with E-state index in [2.05, 4.69) is 10.2 Å². The van der Waals surface area contributed by atoms with Gasteiger partial charge in [-0.3, -0.25) is 14.5 Å². The maximum Gasteiger partial charge on any atom is 0.333 e. The van der Waals surface area contributed by atoms with Gasteiger partial charge in [0.15, 0.2) is 6.23 Å². The number of aryl methyl sites for hydroxylation is 1. The molecule has 0 aromatic carbocycles. The summed E-state index contributed by atoms with van der Waals surface area (Å²) in [6.07, 6.45) is -4.02. The molecule has 0 unspecified atom stereocenters. The molecule has 0 saturated carbocycles. The molecule has 4 N–H and O–H groups in total. The molecule has 0 radical (unpaired) electrons. The molecular formula is C11H14N4O6. The number of hydrogen-bond acceptors (Lipinski definition) is 7. The minimum atomic E-state index is -1.51. The predicted octanol–water partition coefficient (Wildman–Crippen LogP) is -2.97. The van der Waals surface area contributed by atoms with Gasteiger partial charge in [0.25, 0.3) is 5.56 Å². The van der Waals surface area contributed by atoms with Crippen LogP contribution in [0, 0.1) is 0 Å². The lowest BCUT2D eigenvalue weighted by molar-refractivity contribution is -0.0566. The summed E-state index contributed by atoms with van der Waals surface area (Å²) in [7, 11) is 1.44. The molecule has 0 amide bonds. The molecule has 0 spiro atoms. The van der Waals surface area contributed by atoms with Crippen LogP contribution < -0.4 is 11.2 Å². The van der Waals surface area contributed by atoms with Crippen LogP contribution in [0.2, 0.25) is 0 Å². The molecule has 2 aromatic rings. The quantitative estimate of drug-likeness (QED) is 0.463. The molecule has 3 rings (SSSR count). The number of rotatable bonds is 2. The molecule has 0 bridgehead atoms. The highest BCUT2D eigenvalue weighted by molar-refractivity contribution is 5.72. The van der Waals surface area contributed by atoms with Gasteiger partial charge >= 0.3 is 5.69 Å². The van der Waals surface area contributed by atoms with Gasteiger partial charge < -0.3 is 20.1 Å². The topological polar surface area (TPSA) is 143 Å². The van der Waals surface area contributed by atoms with Crippen molar-refractivity contribution in [2.75, 3.05) is 6.61 Å². The van der Waals surface area contributed by atoms with Crippen molar-refractivity contribution in [2.45, 2.75) is 24.5 Å². The molecule has 4 atom stereocenters. The summed E-state index contributed by atoms with van der Waals surface area (Å²) in [5, 5.41) is 34.9. The molecule has 3 heterocycles. The Kier molecular flexibility index (Phi) is 3.17. The lowest BCUT2D eigenvalue weighted by Crippen LogP contribution is -2.45. The second kappa shape index (κ2) is 4.77. The van der Waals surface area contributed by atoms with Crippen molar-refractivity contribution < 1.29 is 20.1 Å². The van der Waals surface area contributed by atoms with Gasteiger partial charge in [-0.25, -0.2) is 9.36 Å². The Bertz CT molecular complexity index is 792. The monoisotopic (exact) mass is 298 g/mol. The van der Waals surface area contributed by atoms with Crippen LogP contribution in [0.15, 0.2) is 15.8 Å². The molecule has 1 aliphatic heterocycles. The largest absolute Gasteiger partial charge is 0.394 e. The highest BCUT2D eigenvalue weighted by Gasteiger charge is 2.44. The van der Waals surface area contributed by atoms with Crippen LogP contribution in [0.25, 0.3) is 11.0 Å². The lowest BCUT2D eigenvalue weighted by Gasteiger charge is -2.17. The van der Waals surface area contributed by atoms with E-state index >= 15 is 0 Å². The molecular weight excluding hydrogens is 284 g/mol. The fourth-order valence-electron chi connectivity index (χ4n) is 2.48. The fraction of sp³-hybridized carbons (Fsp3) is 0.545. The first-order valence-electron chi connectivity index (χ1n) is 6.24. The first-order valence-corrected chi connectivity index (χ1v) is 6.24. The van der Waals surface area contributed by atoms with Crippen LogP contribution in [0.5, 0.6) is 0 Å². The first kappa shape index (κ1) is 13.9. The van der Waals surface area contributed by atoms with Crippen LogP contribution in [-0.2, 0) is 11.8 Å². The van der Waals surface area contributed by atoms with Crippen molar-refractivity contribution in [2.24, 2.45) is 7.05 Å². The van der Waals surface area contributed by atoms with E-state index in [4.69, 9.17) is 9.84 Å². The number of aromatic nitrogens is 4. The minimum Gasteiger partial charge on any atom is -0.394 e. The second-order valence-corrected chi connectivity index (χ2v) is 4.88.